The summed E-state index contributed by atoms with van der Waals surface area (Å²) in [6, 6.07) is 1.14. The van der Waals surface area contributed by atoms with Crippen LogP contribution in [0.25, 0.3) is 0 Å². The summed E-state index contributed by atoms with van der Waals surface area (Å²) in [5, 5.41) is 6.14. The minimum atomic E-state index is -0.495. The Labute approximate surface area is 76.3 Å². The molecule has 5 heteroatoms. The number of aromatic nitrogens is 1. The number of anilines is 1. The number of carbonyl (C=O) groups is 1. The lowest BCUT2D eigenvalue weighted by Crippen LogP contribution is -2.34. The standard InChI is InChI=1S/C8H13N3O2/c1-3-6(9)8(12)10-7-4-5(2)11-13-7/h4,6H,3,9H2,1-2H3,(H,10,12). The van der Waals surface area contributed by atoms with Crippen molar-refractivity contribution in [1.29, 1.82) is 0 Å². The maximum atomic E-state index is 11.2. The molecule has 1 heterocycles. The van der Waals surface area contributed by atoms with E-state index in [1.54, 1.807) is 13.0 Å². The maximum absolute atomic E-state index is 11.2. The average molecular weight is 183 g/mol. The zero-order valence-electron chi connectivity index (χ0n) is 7.70. The van der Waals surface area contributed by atoms with Gasteiger partial charge in [0, 0.05) is 6.07 Å². The molecule has 1 aromatic rings. The number of nitrogens with one attached hydrogen (secondary N) is 1. The number of hydrogen-bond donors (Lipinski definition) is 2. The molecule has 1 aromatic heterocycles. The fraction of sp³-hybridized carbons (Fsp3) is 0.500. The summed E-state index contributed by atoms with van der Waals surface area (Å²) >= 11 is 0. The van der Waals surface area contributed by atoms with Crippen molar-refractivity contribution in [2.24, 2.45) is 5.73 Å². The van der Waals surface area contributed by atoms with Gasteiger partial charge in [0.05, 0.1) is 11.7 Å². The second-order valence-electron chi connectivity index (χ2n) is 2.84. The van der Waals surface area contributed by atoms with Crippen molar-refractivity contribution < 1.29 is 9.32 Å². The van der Waals surface area contributed by atoms with Crippen LogP contribution in [0.1, 0.15) is 19.0 Å². The Morgan fingerprint density at radius 3 is 3.00 bits per heavy atom. The normalized spacial score (nSPS) is 12.5. The minimum absolute atomic E-state index is 0.251. The number of nitrogens with zero attached hydrogens (tertiary/aromatic N) is 1. The van der Waals surface area contributed by atoms with Gasteiger partial charge in [-0.15, -0.1) is 0 Å². The second kappa shape index (κ2) is 4.04. The van der Waals surface area contributed by atoms with Gasteiger partial charge >= 0.3 is 0 Å². The third-order valence-corrected chi connectivity index (χ3v) is 1.65. The molecule has 13 heavy (non-hydrogen) atoms. The first-order valence-corrected chi connectivity index (χ1v) is 4.13. The predicted octanol–water partition coefficient (Wildman–Crippen LogP) is 0.659. The van der Waals surface area contributed by atoms with Crippen molar-refractivity contribution in [1.82, 2.24) is 5.16 Å². The van der Waals surface area contributed by atoms with Gasteiger partial charge in [0.1, 0.15) is 0 Å². The van der Waals surface area contributed by atoms with Crippen molar-refractivity contribution in [3.63, 3.8) is 0 Å². The van der Waals surface area contributed by atoms with E-state index in [9.17, 15) is 4.79 Å². The van der Waals surface area contributed by atoms with Crippen molar-refractivity contribution in [2.45, 2.75) is 26.3 Å². The van der Waals surface area contributed by atoms with E-state index in [-0.39, 0.29) is 5.91 Å². The number of nitrogens with two attached hydrogens (primary N) is 1. The Kier molecular flexibility index (Phi) is 3.02. The molecular weight excluding hydrogens is 170 g/mol. The molecule has 72 valence electrons. The zero-order chi connectivity index (χ0) is 9.84. The van der Waals surface area contributed by atoms with E-state index in [1.807, 2.05) is 6.92 Å². The molecule has 1 amide bonds. The fourth-order valence-electron chi connectivity index (χ4n) is 0.822. The SMILES string of the molecule is CCC(N)C(=O)Nc1cc(C)no1. The van der Waals surface area contributed by atoms with Crippen LogP contribution in [0.15, 0.2) is 10.6 Å². The van der Waals surface area contributed by atoms with E-state index in [2.05, 4.69) is 10.5 Å². The van der Waals surface area contributed by atoms with Gasteiger partial charge in [-0.25, -0.2) is 0 Å². The van der Waals surface area contributed by atoms with Crippen molar-refractivity contribution in [2.75, 3.05) is 5.32 Å². The summed E-state index contributed by atoms with van der Waals surface area (Å²) in [7, 11) is 0. The summed E-state index contributed by atoms with van der Waals surface area (Å²) in [4.78, 5) is 11.2. The third kappa shape index (κ3) is 2.55. The molecule has 3 N–H and O–H groups in total. The first kappa shape index (κ1) is 9.73. The average Bonchev–Trinajstić information content (AvgIpc) is 2.49. The van der Waals surface area contributed by atoms with Gasteiger partial charge in [0.25, 0.3) is 0 Å². The summed E-state index contributed by atoms with van der Waals surface area (Å²) in [6.07, 6.45) is 0.596. The molecule has 0 aliphatic heterocycles. The van der Waals surface area contributed by atoms with Gasteiger partial charge in [-0.05, 0) is 13.3 Å². The molecule has 0 spiro atoms. The van der Waals surface area contributed by atoms with Crippen LogP contribution in [-0.4, -0.2) is 17.1 Å². The molecule has 0 aliphatic rings. The molecule has 1 unspecified atom stereocenters. The van der Waals surface area contributed by atoms with Gasteiger partial charge < -0.3 is 10.3 Å². The number of carbonyl (C=O) groups excluding carboxylic acids is 1. The van der Waals surface area contributed by atoms with Crippen LogP contribution >= 0.6 is 0 Å². The molecule has 0 saturated heterocycles. The summed E-state index contributed by atoms with van der Waals surface area (Å²) in [5.41, 5.74) is 6.22. The lowest BCUT2D eigenvalue weighted by Gasteiger charge is -2.06. The van der Waals surface area contributed by atoms with E-state index in [4.69, 9.17) is 10.3 Å². The highest BCUT2D eigenvalue weighted by molar-refractivity contribution is 5.93. The van der Waals surface area contributed by atoms with Gasteiger partial charge in [0.15, 0.2) is 0 Å². The molecule has 0 radical (unpaired) electrons. The fourth-order valence-corrected chi connectivity index (χ4v) is 0.822. The molecule has 0 aliphatic carbocycles. The lowest BCUT2D eigenvalue weighted by atomic mass is 10.2. The van der Waals surface area contributed by atoms with Crippen LogP contribution in [0.5, 0.6) is 0 Å². The predicted molar refractivity (Wildman–Crippen MR) is 48.1 cm³/mol. The van der Waals surface area contributed by atoms with E-state index < -0.39 is 6.04 Å². The molecular formula is C8H13N3O2. The third-order valence-electron chi connectivity index (χ3n) is 1.65. The molecule has 5 nitrogen and oxygen atoms in total. The van der Waals surface area contributed by atoms with E-state index in [1.165, 1.54) is 0 Å². The number of amides is 1. The topological polar surface area (TPSA) is 81.2 Å². The number of rotatable bonds is 3. The molecule has 0 saturated carbocycles. The molecule has 1 rings (SSSR count). The Morgan fingerprint density at radius 1 is 1.85 bits per heavy atom. The molecule has 0 fully saturated rings. The minimum Gasteiger partial charge on any atom is -0.338 e. The Morgan fingerprint density at radius 2 is 2.54 bits per heavy atom. The van der Waals surface area contributed by atoms with Crippen LogP contribution in [-0.2, 0) is 4.79 Å². The van der Waals surface area contributed by atoms with E-state index in [0.717, 1.165) is 5.69 Å². The van der Waals surface area contributed by atoms with Crippen LogP contribution in [0.2, 0.25) is 0 Å². The van der Waals surface area contributed by atoms with Gasteiger partial charge in [-0.3, -0.25) is 10.1 Å². The van der Waals surface area contributed by atoms with Crippen LogP contribution < -0.4 is 11.1 Å². The Hall–Kier alpha value is -1.36. The Balaban J connectivity index is 2.54. The van der Waals surface area contributed by atoms with Crippen molar-refractivity contribution >= 4 is 11.8 Å². The second-order valence-corrected chi connectivity index (χ2v) is 2.84. The van der Waals surface area contributed by atoms with Gasteiger partial charge in [-0.2, -0.15) is 0 Å². The smallest absolute Gasteiger partial charge is 0.243 e. The maximum Gasteiger partial charge on any atom is 0.243 e. The first-order valence-electron chi connectivity index (χ1n) is 4.13. The van der Waals surface area contributed by atoms with Crippen LogP contribution in [0, 0.1) is 6.92 Å². The largest absolute Gasteiger partial charge is 0.338 e. The lowest BCUT2D eigenvalue weighted by molar-refractivity contribution is -0.117. The van der Waals surface area contributed by atoms with Crippen LogP contribution in [0.3, 0.4) is 0 Å². The first-order chi connectivity index (χ1) is 6.13. The zero-order valence-corrected chi connectivity index (χ0v) is 7.70. The van der Waals surface area contributed by atoms with Gasteiger partial charge in [-0.1, -0.05) is 12.1 Å². The van der Waals surface area contributed by atoms with Crippen LogP contribution in [0.4, 0.5) is 5.88 Å². The highest BCUT2D eigenvalue weighted by Gasteiger charge is 2.12. The summed E-state index contributed by atoms with van der Waals surface area (Å²) in [6.45, 7) is 3.62. The van der Waals surface area contributed by atoms with E-state index in [0.29, 0.717) is 12.3 Å². The van der Waals surface area contributed by atoms with Crippen molar-refractivity contribution in [3.8, 4) is 0 Å². The number of aryl methyl sites for hydroxylation is 1. The highest BCUT2D eigenvalue weighted by atomic mass is 16.5. The summed E-state index contributed by atoms with van der Waals surface area (Å²) in [5.74, 6) is 0.0880. The molecule has 0 aromatic carbocycles. The summed E-state index contributed by atoms with van der Waals surface area (Å²) < 4.78 is 4.79. The molecule has 1 atom stereocenters. The van der Waals surface area contributed by atoms with Crippen molar-refractivity contribution in [3.05, 3.63) is 11.8 Å². The van der Waals surface area contributed by atoms with Gasteiger partial charge in [0.2, 0.25) is 11.8 Å². The van der Waals surface area contributed by atoms with E-state index >= 15 is 0 Å². The molecule has 0 bridgehead atoms. The quantitative estimate of drug-likeness (QED) is 0.721. The number of hydrogen-bond acceptors (Lipinski definition) is 4. The highest BCUT2D eigenvalue weighted by Crippen LogP contribution is 2.08. The Bertz CT molecular complexity index is 295. The monoisotopic (exact) mass is 183 g/mol.